The van der Waals surface area contributed by atoms with E-state index in [0.29, 0.717) is 5.56 Å². The van der Waals surface area contributed by atoms with E-state index in [2.05, 4.69) is 14.4 Å². The molecule has 2 atom stereocenters. The van der Waals surface area contributed by atoms with Gasteiger partial charge in [0.2, 0.25) is 10.0 Å². The van der Waals surface area contributed by atoms with Crippen LogP contribution >= 0.6 is 11.6 Å². The van der Waals surface area contributed by atoms with Crippen LogP contribution in [0.15, 0.2) is 57.0 Å². The Morgan fingerprint density at radius 1 is 1.15 bits per heavy atom. The summed E-state index contributed by atoms with van der Waals surface area (Å²) in [5, 5.41) is 14.6. The van der Waals surface area contributed by atoms with Crippen molar-refractivity contribution in [1.82, 2.24) is 4.90 Å². The second-order valence-electron chi connectivity index (χ2n) is 10.7. The lowest BCUT2D eigenvalue weighted by molar-refractivity contribution is -0.140. The average molecular weight is 609 g/mol. The summed E-state index contributed by atoms with van der Waals surface area (Å²) in [6.07, 6.45) is 4.50. The Morgan fingerprint density at radius 3 is 2.52 bits per heavy atom. The number of hydrogen-bond donors (Lipinski definition) is 3. The molecule has 212 valence electrons. The zero-order valence-corrected chi connectivity index (χ0v) is 23.7. The number of carbonyl (C=O) groups is 1. The summed E-state index contributed by atoms with van der Waals surface area (Å²) in [7, 11) is -8.04. The Bertz CT molecular complexity index is 1720. The topological polar surface area (TPSA) is 145 Å². The van der Waals surface area contributed by atoms with Crippen molar-refractivity contribution in [2.24, 2.45) is 22.2 Å². The molecule has 2 aromatic rings. The Labute approximate surface area is 236 Å². The van der Waals surface area contributed by atoms with Crippen LogP contribution in [0.1, 0.15) is 31.2 Å². The lowest BCUT2D eigenvalue weighted by Gasteiger charge is -2.54. The van der Waals surface area contributed by atoms with Gasteiger partial charge in [-0.2, -0.15) is 8.42 Å². The number of nitrogens with zero attached hydrogens (tertiary/aromatic N) is 2. The predicted octanol–water partition coefficient (Wildman–Crippen LogP) is 4.02. The van der Waals surface area contributed by atoms with E-state index in [-0.39, 0.29) is 62.9 Å². The van der Waals surface area contributed by atoms with Crippen molar-refractivity contribution in [3.8, 4) is 0 Å². The fraction of sp³-hybridized carbons (Fsp3) is 0.385. The second kappa shape index (κ2) is 9.45. The minimum atomic E-state index is -4.38. The van der Waals surface area contributed by atoms with Gasteiger partial charge in [0.05, 0.1) is 11.9 Å². The fourth-order valence-corrected chi connectivity index (χ4v) is 8.51. The SMILES string of the molecule is CS(=O)(=O)Nc1ccc2c(c1)S(=O)(=O)N=C(C1=C(O)C3C4CCC(CC4)C3N(Cc3ccc(F)cc3Cl)C1=O)N2. The van der Waals surface area contributed by atoms with E-state index >= 15 is 0 Å². The van der Waals surface area contributed by atoms with Gasteiger partial charge in [0.15, 0.2) is 5.84 Å². The highest BCUT2D eigenvalue weighted by molar-refractivity contribution is 7.92. The van der Waals surface area contributed by atoms with E-state index in [1.54, 1.807) is 4.90 Å². The molecule has 3 aliphatic carbocycles. The molecule has 3 saturated carbocycles. The van der Waals surface area contributed by atoms with Gasteiger partial charge in [-0.25, -0.2) is 12.8 Å². The molecule has 0 spiro atoms. The van der Waals surface area contributed by atoms with Crippen molar-refractivity contribution in [3.63, 3.8) is 0 Å². The first-order chi connectivity index (χ1) is 18.8. The van der Waals surface area contributed by atoms with Crippen molar-refractivity contribution in [3.05, 3.63) is 64.1 Å². The van der Waals surface area contributed by atoms with E-state index < -0.39 is 37.7 Å². The van der Waals surface area contributed by atoms with E-state index in [1.807, 2.05) is 0 Å². The number of benzene rings is 2. The first-order valence-electron chi connectivity index (χ1n) is 12.7. The maximum Gasteiger partial charge on any atom is 0.286 e. The first-order valence-corrected chi connectivity index (χ1v) is 16.5. The van der Waals surface area contributed by atoms with Gasteiger partial charge in [-0.15, -0.1) is 4.40 Å². The summed E-state index contributed by atoms with van der Waals surface area (Å²) in [6, 6.07) is 7.50. The number of rotatable bonds is 5. The third-order valence-electron chi connectivity index (χ3n) is 8.20. The lowest BCUT2D eigenvalue weighted by atomic mass is 9.59. The van der Waals surface area contributed by atoms with Gasteiger partial charge in [0.25, 0.3) is 15.9 Å². The molecular weight excluding hydrogens is 583 g/mol. The van der Waals surface area contributed by atoms with Gasteiger partial charge in [-0.05, 0) is 73.4 Å². The van der Waals surface area contributed by atoms with Crippen LogP contribution in [0.25, 0.3) is 0 Å². The standard InChI is InChI=1S/C26H26ClFN4O6S2/c1-39(35,36)30-17-8-9-19-20(11-17)40(37,38)31-25(29-19)22-24(33)21-13-2-4-14(5-3-13)23(21)32(26(22)34)12-15-6-7-16(28)10-18(15)27/h6-11,13-14,21,23,30,33H,2-5,12H2,1H3,(H,29,31). The van der Waals surface area contributed by atoms with Crippen LogP contribution in [-0.2, 0) is 31.4 Å². The summed E-state index contributed by atoms with van der Waals surface area (Å²) >= 11 is 6.31. The molecule has 0 radical (unpaired) electrons. The molecule has 5 aliphatic rings. The van der Waals surface area contributed by atoms with Gasteiger partial charge in [-0.3, -0.25) is 9.52 Å². The first kappa shape index (κ1) is 27.0. The number of hydrogen-bond acceptors (Lipinski definition) is 7. The molecule has 0 saturated heterocycles. The smallest absolute Gasteiger partial charge is 0.286 e. The highest BCUT2D eigenvalue weighted by Crippen LogP contribution is 2.52. The second-order valence-corrected chi connectivity index (χ2v) is 14.5. The van der Waals surface area contributed by atoms with Gasteiger partial charge < -0.3 is 15.3 Å². The van der Waals surface area contributed by atoms with Crippen molar-refractivity contribution < 1.29 is 31.1 Å². The number of fused-ring (bicyclic) bond motifs is 3. The number of carbonyl (C=O) groups excluding carboxylic acids is 1. The highest BCUT2D eigenvalue weighted by Gasteiger charge is 2.54. The highest BCUT2D eigenvalue weighted by atomic mass is 35.5. The number of amides is 1. The Kier molecular flexibility index (Phi) is 6.39. The van der Waals surface area contributed by atoms with Crippen LogP contribution in [0.3, 0.4) is 0 Å². The Morgan fingerprint density at radius 2 is 1.85 bits per heavy atom. The van der Waals surface area contributed by atoms with Crippen LogP contribution in [-0.4, -0.2) is 50.9 Å². The molecule has 3 N–H and O–H groups in total. The quantitative estimate of drug-likeness (QED) is 0.465. The van der Waals surface area contributed by atoms with E-state index in [0.717, 1.165) is 38.0 Å². The summed E-state index contributed by atoms with van der Waals surface area (Å²) < 4.78 is 69.5. The van der Waals surface area contributed by atoms with Crippen LogP contribution in [0.5, 0.6) is 0 Å². The number of halogens is 2. The summed E-state index contributed by atoms with van der Waals surface area (Å²) in [5.41, 5.74) is 0.404. The summed E-state index contributed by atoms with van der Waals surface area (Å²) in [4.78, 5) is 15.4. The third-order valence-corrected chi connectivity index (χ3v) is 10.5. The zero-order valence-electron chi connectivity index (χ0n) is 21.3. The van der Waals surface area contributed by atoms with Crippen LogP contribution in [0, 0.1) is 23.6 Å². The lowest BCUT2D eigenvalue weighted by Crippen LogP contribution is -2.60. The molecule has 1 amide bonds. The van der Waals surface area contributed by atoms with Gasteiger partial charge >= 0.3 is 0 Å². The number of nitrogens with one attached hydrogen (secondary N) is 2. The molecule has 2 aromatic carbocycles. The molecule has 10 nitrogen and oxygen atoms in total. The van der Waals surface area contributed by atoms with Crippen LogP contribution in [0.2, 0.25) is 5.02 Å². The average Bonchev–Trinajstić information content (AvgIpc) is 2.87. The van der Waals surface area contributed by atoms with Crippen LogP contribution in [0.4, 0.5) is 15.8 Å². The normalized spacial score (nSPS) is 27.0. The minimum absolute atomic E-state index is 0.0319. The van der Waals surface area contributed by atoms with Gasteiger partial charge in [-0.1, -0.05) is 17.7 Å². The van der Waals surface area contributed by atoms with Crippen molar-refractivity contribution >= 4 is 54.8 Å². The molecule has 40 heavy (non-hydrogen) atoms. The number of aliphatic hydroxyl groups is 1. The van der Waals surface area contributed by atoms with E-state index in [9.17, 15) is 31.1 Å². The van der Waals surface area contributed by atoms with Crippen molar-refractivity contribution in [1.29, 1.82) is 0 Å². The number of anilines is 2. The molecule has 3 fully saturated rings. The maximum absolute atomic E-state index is 14.1. The van der Waals surface area contributed by atoms with Crippen LogP contribution < -0.4 is 10.0 Å². The Hall–Kier alpha value is -3.16. The number of aliphatic hydroxyl groups excluding tert-OH is 1. The van der Waals surface area contributed by atoms with Crippen molar-refractivity contribution in [2.45, 2.75) is 43.2 Å². The predicted molar refractivity (Wildman–Crippen MR) is 147 cm³/mol. The fourth-order valence-electron chi connectivity index (χ4n) is 6.58. The number of sulfonamides is 2. The largest absolute Gasteiger partial charge is 0.511 e. The molecule has 14 heteroatoms. The number of amidine groups is 1. The minimum Gasteiger partial charge on any atom is -0.511 e. The van der Waals surface area contributed by atoms with E-state index in [1.165, 1.54) is 30.3 Å². The molecular formula is C26H26ClFN4O6S2. The van der Waals surface area contributed by atoms with Gasteiger partial charge in [0.1, 0.15) is 22.0 Å². The molecule has 2 aliphatic heterocycles. The molecule has 2 bridgehead atoms. The van der Waals surface area contributed by atoms with Gasteiger partial charge in [0, 0.05) is 29.2 Å². The van der Waals surface area contributed by atoms with Crippen molar-refractivity contribution in [2.75, 3.05) is 16.3 Å². The zero-order chi connectivity index (χ0) is 28.6. The summed E-state index contributed by atoms with van der Waals surface area (Å²) in [6.45, 7) is 0.0518. The molecule has 2 heterocycles. The molecule has 2 unspecified atom stereocenters. The Balaban J connectivity index is 1.43. The monoisotopic (exact) mass is 608 g/mol. The molecule has 7 rings (SSSR count). The maximum atomic E-state index is 14.1. The summed E-state index contributed by atoms with van der Waals surface area (Å²) in [5.74, 6) is -1.78. The van der Waals surface area contributed by atoms with E-state index in [4.69, 9.17) is 11.6 Å². The third kappa shape index (κ3) is 4.63. The molecule has 0 aromatic heterocycles.